The van der Waals surface area contributed by atoms with Crippen molar-refractivity contribution < 1.29 is 26.0 Å². The van der Waals surface area contributed by atoms with Crippen molar-refractivity contribution in [2.75, 3.05) is 6.61 Å². The smallest absolute Gasteiger partial charge is 0.190 e. The number of aliphatic hydroxyl groups is 2. The standard InChI is InChI=1S/C21H26O5.H2/c1-19-7-5-13(23)9-12(19)3-4-14-15-6-8-21(26,17(25)11-22)20(15,2)10-16(24)18(14)19;/h5,7,9,14-15,18,22,26H,3-4,6,8,10-11H2,1-2H3;1H/t14-,15-,18+,19-,20-,21-;/m0./s1. The van der Waals surface area contributed by atoms with Gasteiger partial charge in [-0.05, 0) is 49.7 Å². The second-order valence-corrected chi connectivity index (χ2v) is 9.02. The summed E-state index contributed by atoms with van der Waals surface area (Å²) in [5, 5.41) is 20.5. The molecule has 2 N–H and O–H groups in total. The van der Waals surface area contributed by atoms with Crippen molar-refractivity contribution in [2.45, 2.75) is 51.6 Å². The number of carbonyl (C=O) groups is 3. The number of allylic oxidation sites excluding steroid dienone is 4. The highest BCUT2D eigenvalue weighted by atomic mass is 16.3. The van der Waals surface area contributed by atoms with Crippen LogP contribution in [0.1, 0.15) is 47.4 Å². The highest BCUT2D eigenvalue weighted by Gasteiger charge is 2.68. The molecule has 142 valence electrons. The van der Waals surface area contributed by atoms with Gasteiger partial charge in [0.15, 0.2) is 11.6 Å². The SMILES string of the molecule is C[C@]12C=CC(=O)C=C1CC[C@@H]1[C@@H]2C(=O)C[C@@]2(C)[C@H]1CC[C@]2(O)C(=O)CO.[HH]. The molecule has 6 atom stereocenters. The van der Waals surface area contributed by atoms with Crippen molar-refractivity contribution in [2.24, 2.45) is 28.6 Å². The van der Waals surface area contributed by atoms with Crippen LogP contribution in [0.5, 0.6) is 0 Å². The van der Waals surface area contributed by atoms with E-state index in [0.29, 0.717) is 12.8 Å². The predicted molar refractivity (Wildman–Crippen MR) is 96.2 cm³/mol. The molecule has 3 fully saturated rings. The Morgan fingerprint density at radius 3 is 2.73 bits per heavy atom. The summed E-state index contributed by atoms with van der Waals surface area (Å²) in [6.07, 6.45) is 7.82. The molecule has 0 unspecified atom stereocenters. The summed E-state index contributed by atoms with van der Waals surface area (Å²) in [5.74, 6) is -0.590. The van der Waals surface area contributed by atoms with Crippen molar-refractivity contribution >= 4 is 17.3 Å². The maximum absolute atomic E-state index is 13.3. The summed E-state index contributed by atoms with van der Waals surface area (Å²) < 4.78 is 0. The molecule has 5 heteroatoms. The lowest BCUT2D eigenvalue weighted by atomic mass is 9.46. The number of hydrogen-bond donors (Lipinski definition) is 2. The topological polar surface area (TPSA) is 91.7 Å². The molecular formula is C21H28O5. The van der Waals surface area contributed by atoms with Crippen LogP contribution in [-0.4, -0.2) is 39.8 Å². The van der Waals surface area contributed by atoms with Crippen LogP contribution in [0.4, 0.5) is 0 Å². The van der Waals surface area contributed by atoms with Crippen LogP contribution in [0, 0.1) is 28.6 Å². The number of fused-ring (bicyclic) bond motifs is 5. The average molecular weight is 360 g/mol. The highest BCUT2D eigenvalue weighted by molar-refractivity contribution is 6.02. The van der Waals surface area contributed by atoms with E-state index in [-0.39, 0.29) is 37.2 Å². The van der Waals surface area contributed by atoms with Gasteiger partial charge >= 0.3 is 0 Å². The molecule has 0 aromatic heterocycles. The van der Waals surface area contributed by atoms with E-state index in [1.54, 1.807) is 12.2 Å². The average Bonchev–Trinajstić information content (AvgIpc) is 2.86. The summed E-state index contributed by atoms with van der Waals surface area (Å²) in [7, 11) is 0. The Kier molecular flexibility index (Phi) is 3.74. The van der Waals surface area contributed by atoms with Crippen LogP contribution in [0.25, 0.3) is 0 Å². The van der Waals surface area contributed by atoms with E-state index < -0.39 is 28.8 Å². The molecule has 3 saturated carbocycles. The van der Waals surface area contributed by atoms with Gasteiger partial charge in [0.1, 0.15) is 18.0 Å². The molecular weight excluding hydrogens is 332 g/mol. The Labute approximate surface area is 154 Å². The van der Waals surface area contributed by atoms with E-state index in [2.05, 4.69) is 0 Å². The van der Waals surface area contributed by atoms with Crippen molar-refractivity contribution in [1.29, 1.82) is 0 Å². The van der Waals surface area contributed by atoms with Gasteiger partial charge in [-0.2, -0.15) is 0 Å². The first-order valence-corrected chi connectivity index (χ1v) is 9.51. The van der Waals surface area contributed by atoms with Crippen LogP contribution in [0.2, 0.25) is 0 Å². The lowest BCUT2D eigenvalue weighted by molar-refractivity contribution is -0.168. The van der Waals surface area contributed by atoms with E-state index in [9.17, 15) is 24.6 Å². The van der Waals surface area contributed by atoms with Gasteiger partial charge in [-0.15, -0.1) is 0 Å². The van der Waals surface area contributed by atoms with Gasteiger partial charge in [-0.25, -0.2) is 0 Å². The molecule has 5 nitrogen and oxygen atoms in total. The molecule has 0 amide bonds. The number of Topliss-reactive ketones (excluding diaryl/α,β-unsaturated/α-hetero) is 2. The molecule has 0 bridgehead atoms. The first kappa shape index (κ1) is 17.8. The number of aliphatic hydroxyl groups excluding tert-OH is 1. The van der Waals surface area contributed by atoms with E-state index in [0.717, 1.165) is 18.4 Å². The molecule has 0 saturated heterocycles. The molecule has 0 radical (unpaired) electrons. The van der Waals surface area contributed by atoms with Crippen LogP contribution in [0.3, 0.4) is 0 Å². The van der Waals surface area contributed by atoms with E-state index in [1.165, 1.54) is 0 Å². The first-order chi connectivity index (χ1) is 12.2. The molecule has 0 heterocycles. The van der Waals surface area contributed by atoms with Crippen LogP contribution < -0.4 is 0 Å². The number of rotatable bonds is 2. The van der Waals surface area contributed by atoms with Crippen LogP contribution in [-0.2, 0) is 14.4 Å². The minimum absolute atomic E-state index is 0. The fourth-order valence-corrected chi connectivity index (χ4v) is 6.62. The monoisotopic (exact) mass is 360 g/mol. The second kappa shape index (κ2) is 5.46. The van der Waals surface area contributed by atoms with Gasteiger partial charge < -0.3 is 10.2 Å². The Hall–Kier alpha value is -1.59. The zero-order valence-corrected chi connectivity index (χ0v) is 15.3. The van der Waals surface area contributed by atoms with Crippen molar-refractivity contribution in [3.8, 4) is 0 Å². The van der Waals surface area contributed by atoms with Gasteiger partial charge in [0.05, 0.1) is 0 Å². The van der Waals surface area contributed by atoms with Gasteiger partial charge in [0.25, 0.3) is 0 Å². The number of ketones is 3. The Morgan fingerprint density at radius 1 is 1.31 bits per heavy atom. The Bertz CT molecular complexity index is 771. The lowest BCUT2D eigenvalue weighted by Gasteiger charge is -2.56. The van der Waals surface area contributed by atoms with E-state index in [4.69, 9.17) is 0 Å². The molecule has 4 aliphatic carbocycles. The quantitative estimate of drug-likeness (QED) is 0.786. The van der Waals surface area contributed by atoms with Crippen LogP contribution in [0.15, 0.2) is 23.8 Å². The van der Waals surface area contributed by atoms with Gasteiger partial charge in [-0.1, -0.05) is 25.5 Å². The third-order valence-electron chi connectivity index (χ3n) is 8.01. The van der Waals surface area contributed by atoms with Gasteiger partial charge in [-0.3, -0.25) is 14.4 Å². The largest absolute Gasteiger partial charge is 0.388 e. The molecule has 0 spiro atoms. The Balaban J connectivity index is 0.00000210. The van der Waals surface area contributed by atoms with Crippen molar-refractivity contribution in [3.05, 3.63) is 23.8 Å². The molecule has 0 aromatic carbocycles. The van der Waals surface area contributed by atoms with Gasteiger partial charge in [0.2, 0.25) is 0 Å². The molecule has 0 aliphatic heterocycles. The van der Waals surface area contributed by atoms with Crippen molar-refractivity contribution in [3.63, 3.8) is 0 Å². The summed E-state index contributed by atoms with van der Waals surface area (Å²) in [6, 6.07) is 0. The van der Waals surface area contributed by atoms with E-state index >= 15 is 0 Å². The fourth-order valence-electron chi connectivity index (χ4n) is 6.62. The molecule has 0 aromatic rings. The second-order valence-electron chi connectivity index (χ2n) is 9.02. The summed E-state index contributed by atoms with van der Waals surface area (Å²) in [5.41, 5.74) is -1.86. The first-order valence-electron chi connectivity index (χ1n) is 9.51. The number of carbonyl (C=O) groups excluding carboxylic acids is 3. The molecule has 26 heavy (non-hydrogen) atoms. The highest BCUT2D eigenvalue weighted by Crippen LogP contribution is 2.66. The van der Waals surface area contributed by atoms with E-state index in [1.807, 2.05) is 19.9 Å². The minimum atomic E-state index is -1.62. The zero-order valence-electron chi connectivity index (χ0n) is 15.3. The van der Waals surface area contributed by atoms with Crippen LogP contribution >= 0.6 is 0 Å². The molecule has 4 rings (SSSR count). The van der Waals surface area contributed by atoms with Crippen molar-refractivity contribution in [1.82, 2.24) is 0 Å². The molecule has 4 aliphatic rings. The predicted octanol–water partition coefficient (Wildman–Crippen LogP) is 2.01. The summed E-state index contributed by atoms with van der Waals surface area (Å²) in [6.45, 7) is 3.19. The maximum Gasteiger partial charge on any atom is 0.190 e. The maximum atomic E-state index is 13.3. The third-order valence-corrected chi connectivity index (χ3v) is 8.01. The lowest BCUT2D eigenvalue weighted by Crippen LogP contribution is -2.60. The third kappa shape index (κ3) is 2.01. The van der Waals surface area contributed by atoms with Gasteiger partial charge in [0, 0.05) is 24.6 Å². The zero-order chi connectivity index (χ0) is 18.9. The summed E-state index contributed by atoms with van der Waals surface area (Å²) >= 11 is 0. The minimum Gasteiger partial charge on any atom is -0.388 e. The Morgan fingerprint density at radius 2 is 2.04 bits per heavy atom. The normalized spacial score (nSPS) is 47.1. The summed E-state index contributed by atoms with van der Waals surface area (Å²) in [4.78, 5) is 37.4. The fraction of sp³-hybridized carbons (Fsp3) is 0.667. The number of hydrogen-bond acceptors (Lipinski definition) is 5.